The van der Waals surface area contributed by atoms with Gasteiger partial charge in [0.1, 0.15) is 0 Å². The third-order valence-electron chi connectivity index (χ3n) is 3.67. The normalized spacial score (nSPS) is 10.8. The number of anilines is 1. The number of H-pyrrole nitrogens is 1. The maximum Gasteiger partial charge on any atom is 0.340 e. The molecule has 0 spiro atoms. The number of ether oxygens (including phenoxy) is 1. The summed E-state index contributed by atoms with van der Waals surface area (Å²) in [5.74, 6) is -0.606. The Hall–Kier alpha value is -2.93. The Labute approximate surface area is 147 Å². The van der Waals surface area contributed by atoms with Crippen LogP contribution in [0.15, 0.2) is 29.1 Å². The molecule has 0 saturated carbocycles. The zero-order valence-corrected chi connectivity index (χ0v) is 14.3. The molecule has 8 heteroatoms. The van der Waals surface area contributed by atoms with E-state index in [9.17, 15) is 9.59 Å². The lowest BCUT2D eigenvalue weighted by atomic mass is 9.96. The molecule has 0 aliphatic heterocycles. The smallest absolute Gasteiger partial charge is 0.340 e. The number of halogens is 1. The molecule has 128 valence electrons. The molecular formula is C17H15ClN4O3. The summed E-state index contributed by atoms with van der Waals surface area (Å²) in [6.07, 6.45) is 0. The van der Waals surface area contributed by atoms with E-state index in [4.69, 9.17) is 22.1 Å². The number of aromatic amines is 1. The first-order chi connectivity index (χ1) is 11.9. The van der Waals surface area contributed by atoms with E-state index in [2.05, 4.69) is 15.0 Å². The number of nitrogens with zero attached hydrogens (tertiary/aromatic N) is 2. The fourth-order valence-electron chi connectivity index (χ4n) is 2.66. The number of benzene rings is 1. The predicted molar refractivity (Wildman–Crippen MR) is 95.7 cm³/mol. The molecule has 2 heterocycles. The van der Waals surface area contributed by atoms with E-state index < -0.39 is 11.5 Å². The van der Waals surface area contributed by atoms with Gasteiger partial charge < -0.3 is 10.5 Å². The largest absolute Gasteiger partial charge is 0.462 e. The summed E-state index contributed by atoms with van der Waals surface area (Å²) >= 11 is 5.95. The average Bonchev–Trinajstić information content (AvgIpc) is 2.54. The number of carbonyl (C=O) groups is 1. The molecule has 0 saturated heterocycles. The minimum Gasteiger partial charge on any atom is -0.462 e. The Balaban J connectivity index is 2.47. The van der Waals surface area contributed by atoms with Gasteiger partial charge in [-0.2, -0.15) is 4.98 Å². The molecule has 1 aromatic carbocycles. The number of aryl methyl sites for hydroxylation is 1. The lowest BCUT2D eigenvalue weighted by molar-refractivity contribution is 0.0526. The number of pyridine rings is 1. The van der Waals surface area contributed by atoms with E-state index in [-0.39, 0.29) is 29.2 Å². The van der Waals surface area contributed by atoms with Gasteiger partial charge in [-0.25, -0.2) is 9.78 Å². The van der Waals surface area contributed by atoms with Crippen LogP contribution >= 0.6 is 11.6 Å². The van der Waals surface area contributed by atoms with E-state index in [0.29, 0.717) is 21.8 Å². The number of nitrogens with two attached hydrogens (primary N) is 1. The van der Waals surface area contributed by atoms with E-state index in [1.807, 2.05) is 0 Å². The van der Waals surface area contributed by atoms with E-state index >= 15 is 0 Å². The van der Waals surface area contributed by atoms with Crippen LogP contribution in [0.3, 0.4) is 0 Å². The van der Waals surface area contributed by atoms with Crippen molar-refractivity contribution in [3.05, 3.63) is 50.9 Å². The SMILES string of the molecule is CCOC(=O)c1c(C)nc2nc(N)[nH]c(=O)c2c1-c1ccc(Cl)cc1. The molecule has 0 fully saturated rings. The quantitative estimate of drug-likeness (QED) is 0.696. The highest BCUT2D eigenvalue weighted by Gasteiger charge is 2.24. The summed E-state index contributed by atoms with van der Waals surface area (Å²) < 4.78 is 5.14. The third kappa shape index (κ3) is 3.06. The van der Waals surface area contributed by atoms with Crippen molar-refractivity contribution in [1.82, 2.24) is 15.0 Å². The van der Waals surface area contributed by atoms with Crippen molar-refractivity contribution < 1.29 is 9.53 Å². The second kappa shape index (κ2) is 6.52. The maximum atomic E-state index is 12.5. The Morgan fingerprint density at radius 3 is 2.60 bits per heavy atom. The molecule has 3 rings (SSSR count). The number of aromatic nitrogens is 3. The first-order valence-corrected chi connectivity index (χ1v) is 7.93. The monoisotopic (exact) mass is 358 g/mol. The molecule has 25 heavy (non-hydrogen) atoms. The first kappa shape index (κ1) is 16.9. The van der Waals surface area contributed by atoms with Crippen LogP contribution in [0.25, 0.3) is 22.2 Å². The molecule has 0 atom stereocenters. The van der Waals surface area contributed by atoms with Crippen molar-refractivity contribution in [2.75, 3.05) is 12.3 Å². The van der Waals surface area contributed by atoms with Crippen LogP contribution < -0.4 is 11.3 Å². The van der Waals surface area contributed by atoms with Crippen molar-refractivity contribution in [3.63, 3.8) is 0 Å². The van der Waals surface area contributed by atoms with E-state index in [1.165, 1.54) is 0 Å². The highest BCUT2D eigenvalue weighted by molar-refractivity contribution is 6.30. The zero-order chi connectivity index (χ0) is 18.1. The van der Waals surface area contributed by atoms with Crippen molar-refractivity contribution >= 4 is 34.6 Å². The molecular weight excluding hydrogens is 344 g/mol. The Bertz CT molecular complexity index is 1030. The number of nitrogens with one attached hydrogen (secondary N) is 1. The maximum absolute atomic E-state index is 12.5. The van der Waals surface area contributed by atoms with E-state index in [1.54, 1.807) is 38.1 Å². The van der Waals surface area contributed by atoms with Gasteiger partial charge in [0.15, 0.2) is 5.65 Å². The van der Waals surface area contributed by atoms with Crippen LogP contribution in [-0.2, 0) is 4.74 Å². The Kier molecular flexibility index (Phi) is 4.41. The van der Waals surface area contributed by atoms with Gasteiger partial charge in [0.2, 0.25) is 5.95 Å². The lowest BCUT2D eigenvalue weighted by Gasteiger charge is -2.14. The first-order valence-electron chi connectivity index (χ1n) is 7.55. The molecule has 2 aromatic heterocycles. The Morgan fingerprint density at radius 2 is 1.96 bits per heavy atom. The number of fused-ring (bicyclic) bond motifs is 1. The van der Waals surface area contributed by atoms with Crippen LogP contribution in [0.5, 0.6) is 0 Å². The summed E-state index contributed by atoms with van der Waals surface area (Å²) in [4.78, 5) is 35.8. The van der Waals surface area contributed by atoms with Gasteiger partial charge in [-0.15, -0.1) is 0 Å². The standard InChI is InChI=1S/C17H15ClN4O3/c1-3-25-16(24)11-8(2)20-14-13(15(23)22-17(19)21-14)12(11)9-4-6-10(18)7-5-9/h4-7H,3H2,1-2H3,(H3,19,20,21,22,23). The molecule has 3 N–H and O–H groups in total. The number of esters is 1. The molecule has 0 unspecified atom stereocenters. The third-order valence-corrected chi connectivity index (χ3v) is 3.92. The second-order valence-corrected chi connectivity index (χ2v) is 5.76. The minimum absolute atomic E-state index is 0.0460. The van der Waals surface area contributed by atoms with Gasteiger partial charge in [0, 0.05) is 10.6 Å². The fourth-order valence-corrected chi connectivity index (χ4v) is 2.79. The topological polar surface area (TPSA) is 111 Å². The van der Waals surface area contributed by atoms with Crippen molar-refractivity contribution in [1.29, 1.82) is 0 Å². The van der Waals surface area contributed by atoms with Gasteiger partial charge in [-0.05, 0) is 31.5 Å². The van der Waals surface area contributed by atoms with Gasteiger partial charge in [0.05, 0.1) is 23.3 Å². The molecule has 0 aliphatic carbocycles. The lowest BCUT2D eigenvalue weighted by Crippen LogP contribution is -2.17. The molecule has 0 bridgehead atoms. The van der Waals surface area contributed by atoms with Crippen molar-refractivity contribution in [2.45, 2.75) is 13.8 Å². The van der Waals surface area contributed by atoms with Crippen LogP contribution in [0.4, 0.5) is 5.95 Å². The molecule has 7 nitrogen and oxygen atoms in total. The van der Waals surface area contributed by atoms with Gasteiger partial charge in [-0.3, -0.25) is 9.78 Å². The number of rotatable bonds is 3. The highest BCUT2D eigenvalue weighted by Crippen LogP contribution is 2.32. The van der Waals surface area contributed by atoms with Gasteiger partial charge >= 0.3 is 5.97 Å². The van der Waals surface area contributed by atoms with Crippen LogP contribution in [0.1, 0.15) is 23.0 Å². The van der Waals surface area contributed by atoms with Crippen molar-refractivity contribution in [3.8, 4) is 11.1 Å². The predicted octanol–water partition coefficient (Wildman–Crippen LogP) is 2.71. The van der Waals surface area contributed by atoms with Crippen LogP contribution in [0, 0.1) is 6.92 Å². The fraction of sp³-hybridized carbons (Fsp3) is 0.176. The van der Waals surface area contributed by atoms with Crippen LogP contribution in [-0.4, -0.2) is 27.5 Å². The second-order valence-electron chi connectivity index (χ2n) is 5.32. The summed E-state index contributed by atoms with van der Waals surface area (Å²) in [6, 6.07) is 6.78. The summed E-state index contributed by atoms with van der Waals surface area (Å²) in [7, 11) is 0. The molecule has 0 radical (unpaired) electrons. The highest BCUT2D eigenvalue weighted by atomic mass is 35.5. The van der Waals surface area contributed by atoms with Gasteiger partial charge in [-0.1, -0.05) is 23.7 Å². The molecule has 0 aliphatic rings. The van der Waals surface area contributed by atoms with Crippen molar-refractivity contribution in [2.24, 2.45) is 0 Å². The van der Waals surface area contributed by atoms with E-state index in [0.717, 1.165) is 0 Å². The Morgan fingerprint density at radius 1 is 1.28 bits per heavy atom. The average molecular weight is 359 g/mol. The summed E-state index contributed by atoms with van der Waals surface area (Å²) in [6.45, 7) is 3.57. The zero-order valence-electron chi connectivity index (χ0n) is 13.6. The number of carbonyl (C=O) groups excluding carboxylic acids is 1. The van der Waals surface area contributed by atoms with Gasteiger partial charge in [0.25, 0.3) is 5.56 Å². The number of hydrogen-bond donors (Lipinski definition) is 2. The minimum atomic E-state index is -0.560. The van der Waals surface area contributed by atoms with Crippen LogP contribution in [0.2, 0.25) is 5.02 Å². The molecule has 3 aromatic rings. The number of nitrogen functional groups attached to an aromatic ring is 1. The molecule has 0 amide bonds. The summed E-state index contributed by atoms with van der Waals surface area (Å²) in [5.41, 5.74) is 6.93. The number of hydrogen-bond acceptors (Lipinski definition) is 6. The summed E-state index contributed by atoms with van der Waals surface area (Å²) in [5, 5.41) is 0.706.